The Balaban J connectivity index is 3.01. The van der Waals surface area contributed by atoms with Crippen molar-refractivity contribution in [2.75, 3.05) is 39.6 Å². The van der Waals surface area contributed by atoms with Crippen LogP contribution in [0.4, 0.5) is 0 Å². The Morgan fingerprint density at radius 3 is 0.632 bits per heavy atom. The summed E-state index contributed by atoms with van der Waals surface area (Å²) in [5, 5.41) is 0. The minimum Gasteiger partial charge on any atom is -0.379 e. The van der Waals surface area contributed by atoms with Gasteiger partial charge in [-0.05, 0) is 12.8 Å². The highest BCUT2D eigenvalue weighted by Crippen LogP contribution is 2.14. The lowest BCUT2D eigenvalue weighted by molar-refractivity contribution is 0.0132. The maximum Gasteiger partial charge on any atom is 0.0701 e. The van der Waals surface area contributed by atoms with E-state index < -0.39 is 0 Å². The van der Waals surface area contributed by atoms with E-state index in [2.05, 4.69) is 13.8 Å². The van der Waals surface area contributed by atoms with Crippen LogP contribution in [0.1, 0.15) is 187 Å². The second kappa shape index (κ2) is 36.9. The monoisotopic (exact) mass is 541 g/mol. The first-order chi connectivity index (χ1) is 18.9. The van der Waals surface area contributed by atoms with Crippen LogP contribution in [0.25, 0.3) is 0 Å². The second-order valence-corrected chi connectivity index (χ2v) is 11.7. The lowest BCUT2D eigenvalue weighted by Gasteiger charge is -2.07. The highest BCUT2D eigenvalue weighted by atomic mass is 16.5. The molecule has 0 aromatic carbocycles. The molecule has 0 amide bonds. The Bertz CT molecular complexity index is 351. The SMILES string of the molecule is CCCCCCCCCCCCCCCCCCOCCOCCOCCCCCCCCCCCCC. The van der Waals surface area contributed by atoms with Crippen LogP contribution in [0.3, 0.4) is 0 Å². The molecule has 0 atom stereocenters. The minimum atomic E-state index is 0.695. The smallest absolute Gasteiger partial charge is 0.0701 e. The predicted molar refractivity (Wildman–Crippen MR) is 168 cm³/mol. The van der Waals surface area contributed by atoms with E-state index in [-0.39, 0.29) is 0 Å². The molecule has 38 heavy (non-hydrogen) atoms. The third-order valence-corrected chi connectivity index (χ3v) is 7.78. The first-order valence-corrected chi connectivity index (χ1v) is 17.6. The Hall–Kier alpha value is -0.120. The molecule has 0 fully saturated rings. The molecule has 0 aromatic rings. The molecule has 0 rings (SSSR count). The fourth-order valence-corrected chi connectivity index (χ4v) is 5.16. The van der Waals surface area contributed by atoms with Gasteiger partial charge in [0.05, 0.1) is 26.4 Å². The third kappa shape index (κ3) is 35.9. The van der Waals surface area contributed by atoms with Gasteiger partial charge in [-0.25, -0.2) is 0 Å². The fourth-order valence-electron chi connectivity index (χ4n) is 5.16. The van der Waals surface area contributed by atoms with Crippen molar-refractivity contribution >= 4 is 0 Å². The molecule has 0 unspecified atom stereocenters. The Kier molecular flexibility index (Phi) is 36.8. The summed E-state index contributed by atoms with van der Waals surface area (Å²) < 4.78 is 17.0. The van der Waals surface area contributed by atoms with E-state index >= 15 is 0 Å². The number of ether oxygens (including phenoxy) is 3. The van der Waals surface area contributed by atoms with Crippen LogP contribution in [0.5, 0.6) is 0 Å². The molecule has 0 radical (unpaired) electrons. The van der Waals surface area contributed by atoms with E-state index in [0.717, 1.165) is 26.4 Å². The Morgan fingerprint density at radius 2 is 0.395 bits per heavy atom. The van der Waals surface area contributed by atoms with E-state index in [0.29, 0.717) is 13.2 Å². The average Bonchev–Trinajstić information content (AvgIpc) is 2.93. The molecule has 0 aliphatic rings. The minimum absolute atomic E-state index is 0.695. The number of hydrogen-bond donors (Lipinski definition) is 0. The third-order valence-electron chi connectivity index (χ3n) is 7.78. The lowest BCUT2D eigenvalue weighted by Crippen LogP contribution is -2.10. The lowest BCUT2D eigenvalue weighted by atomic mass is 10.0. The van der Waals surface area contributed by atoms with Gasteiger partial charge in [0, 0.05) is 13.2 Å². The second-order valence-electron chi connectivity index (χ2n) is 11.7. The van der Waals surface area contributed by atoms with Gasteiger partial charge in [0.25, 0.3) is 0 Å². The van der Waals surface area contributed by atoms with Gasteiger partial charge in [-0.2, -0.15) is 0 Å². The molecule has 0 saturated carbocycles. The van der Waals surface area contributed by atoms with Crippen molar-refractivity contribution in [3.8, 4) is 0 Å². The summed E-state index contributed by atoms with van der Waals surface area (Å²) in [6, 6.07) is 0. The first kappa shape index (κ1) is 37.9. The number of hydrogen-bond acceptors (Lipinski definition) is 3. The predicted octanol–water partition coefficient (Wildman–Crippen LogP) is 11.6. The zero-order valence-corrected chi connectivity index (χ0v) is 26.6. The van der Waals surface area contributed by atoms with Crippen molar-refractivity contribution in [1.82, 2.24) is 0 Å². The molecule has 0 N–H and O–H groups in total. The summed E-state index contributed by atoms with van der Waals surface area (Å²) >= 11 is 0. The van der Waals surface area contributed by atoms with Gasteiger partial charge in [0.15, 0.2) is 0 Å². The van der Waals surface area contributed by atoms with Crippen LogP contribution in [-0.4, -0.2) is 39.6 Å². The summed E-state index contributed by atoms with van der Waals surface area (Å²) in [6.07, 6.45) is 37.8. The van der Waals surface area contributed by atoms with E-state index in [9.17, 15) is 0 Å². The first-order valence-electron chi connectivity index (χ1n) is 17.6. The molecule has 3 nitrogen and oxygen atoms in total. The normalized spacial score (nSPS) is 11.5. The van der Waals surface area contributed by atoms with Crippen molar-refractivity contribution in [1.29, 1.82) is 0 Å². The molecule has 0 aromatic heterocycles. The molecule has 0 aliphatic heterocycles. The molecule has 0 bridgehead atoms. The zero-order valence-electron chi connectivity index (χ0n) is 26.6. The quantitative estimate of drug-likeness (QED) is 0.0748. The van der Waals surface area contributed by atoms with Gasteiger partial charge in [-0.3, -0.25) is 0 Å². The summed E-state index contributed by atoms with van der Waals surface area (Å²) in [5.74, 6) is 0. The molecule has 0 saturated heterocycles. The van der Waals surface area contributed by atoms with E-state index in [4.69, 9.17) is 14.2 Å². The molecular formula is C35H72O3. The van der Waals surface area contributed by atoms with E-state index in [1.54, 1.807) is 0 Å². The molecular weight excluding hydrogens is 468 g/mol. The Morgan fingerprint density at radius 1 is 0.211 bits per heavy atom. The van der Waals surface area contributed by atoms with Gasteiger partial charge in [0.1, 0.15) is 0 Å². The summed E-state index contributed by atoms with van der Waals surface area (Å²) in [6.45, 7) is 9.18. The highest BCUT2D eigenvalue weighted by molar-refractivity contribution is 4.51. The Labute approximate surface area is 240 Å². The molecule has 3 heteroatoms. The maximum atomic E-state index is 5.71. The number of rotatable bonds is 35. The fraction of sp³-hybridized carbons (Fsp3) is 1.00. The number of unbranched alkanes of at least 4 members (excludes halogenated alkanes) is 25. The highest BCUT2D eigenvalue weighted by Gasteiger charge is 1.97. The summed E-state index contributed by atoms with van der Waals surface area (Å²) in [5.41, 5.74) is 0. The summed E-state index contributed by atoms with van der Waals surface area (Å²) in [4.78, 5) is 0. The van der Waals surface area contributed by atoms with Gasteiger partial charge in [-0.15, -0.1) is 0 Å². The molecule has 0 heterocycles. The van der Waals surface area contributed by atoms with Crippen LogP contribution < -0.4 is 0 Å². The van der Waals surface area contributed by atoms with Gasteiger partial charge >= 0.3 is 0 Å². The van der Waals surface area contributed by atoms with E-state index in [1.165, 1.54) is 173 Å². The largest absolute Gasteiger partial charge is 0.379 e. The summed E-state index contributed by atoms with van der Waals surface area (Å²) in [7, 11) is 0. The van der Waals surface area contributed by atoms with E-state index in [1.807, 2.05) is 0 Å². The van der Waals surface area contributed by atoms with Crippen molar-refractivity contribution < 1.29 is 14.2 Å². The van der Waals surface area contributed by atoms with Crippen molar-refractivity contribution in [3.05, 3.63) is 0 Å². The topological polar surface area (TPSA) is 27.7 Å². The van der Waals surface area contributed by atoms with Crippen LogP contribution >= 0.6 is 0 Å². The molecule has 230 valence electrons. The van der Waals surface area contributed by atoms with Crippen molar-refractivity contribution in [3.63, 3.8) is 0 Å². The van der Waals surface area contributed by atoms with Crippen LogP contribution in [0.15, 0.2) is 0 Å². The molecule has 0 spiro atoms. The van der Waals surface area contributed by atoms with Crippen LogP contribution in [-0.2, 0) is 14.2 Å². The standard InChI is InChI=1S/C35H72O3/c1-3-5-7-9-11-13-15-16-17-18-19-21-23-25-27-29-31-37-33-35-38-34-32-36-30-28-26-24-22-20-14-12-10-8-6-4-2/h3-35H2,1-2H3. The van der Waals surface area contributed by atoms with Crippen LogP contribution in [0.2, 0.25) is 0 Å². The van der Waals surface area contributed by atoms with Gasteiger partial charge in [-0.1, -0.05) is 174 Å². The molecule has 0 aliphatic carbocycles. The average molecular weight is 541 g/mol. The van der Waals surface area contributed by atoms with Crippen molar-refractivity contribution in [2.24, 2.45) is 0 Å². The maximum absolute atomic E-state index is 5.71. The zero-order chi connectivity index (χ0) is 27.5. The van der Waals surface area contributed by atoms with Crippen LogP contribution in [0, 0.1) is 0 Å². The van der Waals surface area contributed by atoms with Crippen molar-refractivity contribution in [2.45, 2.75) is 187 Å². The van der Waals surface area contributed by atoms with Gasteiger partial charge < -0.3 is 14.2 Å². The van der Waals surface area contributed by atoms with Gasteiger partial charge in [0.2, 0.25) is 0 Å².